The highest BCUT2D eigenvalue weighted by Gasteiger charge is 2.13. The van der Waals surface area contributed by atoms with E-state index in [0.717, 1.165) is 18.2 Å². The lowest BCUT2D eigenvalue weighted by atomic mass is 10.1. The van der Waals surface area contributed by atoms with E-state index in [0.29, 0.717) is 11.4 Å². The molecule has 7 nitrogen and oxygen atoms in total. The molecule has 2 aromatic carbocycles. The molecule has 0 spiro atoms. The molecule has 0 saturated carbocycles. The van der Waals surface area contributed by atoms with Crippen molar-refractivity contribution in [1.29, 1.82) is 0 Å². The molecule has 21 heavy (non-hydrogen) atoms. The van der Waals surface area contributed by atoms with Crippen molar-refractivity contribution >= 4 is 17.3 Å². The van der Waals surface area contributed by atoms with Gasteiger partial charge in [0.05, 0.1) is 12.0 Å². The van der Waals surface area contributed by atoms with Crippen molar-refractivity contribution in [2.45, 2.75) is 0 Å². The zero-order chi connectivity index (χ0) is 15.4. The monoisotopic (exact) mass is 287 g/mol. The Morgan fingerprint density at radius 3 is 2.43 bits per heavy atom. The normalized spacial score (nSPS) is 9.95. The summed E-state index contributed by atoms with van der Waals surface area (Å²) < 4.78 is 4.98. The topological polar surface area (TPSA) is 105 Å². The highest BCUT2D eigenvalue weighted by Crippen LogP contribution is 2.22. The van der Waals surface area contributed by atoms with Gasteiger partial charge in [-0.15, -0.1) is 0 Å². The van der Waals surface area contributed by atoms with E-state index in [-0.39, 0.29) is 11.3 Å². The van der Waals surface area contributed by atoms with Crippen LogP contribution in [0.15, 0.2) is 42.5 Å². The lowest BCUT2D eigenvalue weighted by molar-refractivity contribution is -0.385. The lowest BCUT2D eigenvalue weighted by Gasteiger charge is -2.13. The first-order chi connectivity index (χ1) is 10.0. The number of nitro groups is 1. The van der Waals surface area contributed by atoms with E-state index in [1.54, 1.807) is 24.3 Å². The Kier molecular flexibility index (Phi) is 4.03. The van der Waals surface area contributed by atoms with Crippen molar-refractivity contribution in [1.82, 2.24) is 0 Å². The summed E-state index contributed by atoms with van der Waals surface area (Å²) >= 11 is 0. The number of carbonyl (C=O) groups excluding carboxylic acids is 1. The van der Waals surface area contributed by atoms with Crippen molar-refractivity contribution in [3.05, 3.63) is 58.1 Å². The van der Waals surface area contributed by atoms with Crippen molar-refractivity contribution in [3.63, 3.8) is 0 Å². The summed E-state index contributed by atoms with van der Waals surface area (Å²) in [5.74, 6) is -0.659. The van der Waals surface area contributed by atoms with Crippen LogP contribution in [-0.2, 0) is 0 Å². The molecule has 0 aliphatic heterocycles. The number of hydrogen-bond donors (Lipinski definition) is 1. The molecule has 0 aliphatic carbocycles. The Morgan fingerprint density at radius 1 is 1.19 bits per heavy atom. The molecular weight excluding hydrogens is 276 g/mol. The van der Waals surface area contributed by atoms with Gasteiger partial charge in [0, 0.05) is 23.4 Å². The van der Waals surface area contributed by atoms with Gasteiger partial charge in [0.1, 0.15) is 5.75 Å². The second-order valence-electron chi connectivity index (χ2n) is 4.12. The number of nitrogens with one attached hydrogen (secondary N) is 1. The van der Waals surface area contributed by atoms with Crippen LogP contribution in [0.4, 0.5) is 11.4 Å². The molecule has 2 rings (SSSR count). The van der Waals surface area contributed by atoms with Gasteiger partial charge >= 0.3 is 0 Å². The van der Waals surface area contributed by atoms with E-state index in [1.165, 1.54) is 7.11 Å². The Balaban J connectivity index is 2.23. The minimum absolute atomic E-state index is 0.278. The number of nitro benzene ring substituents is 1. The van der Waals surface area contributed by atoms with E-state index in [1.807, 2.05) is 0 Å². The molecule has 0 bridgehead atoms. The SMILES string of the molecule is COc1ccc(NC(=O)c2cc([N+](=O)[O-])ccc2[O-])cc1. The third kappa shape index (κ3) is 3.27. The molecule has 7 heteroatoms. The van der Waals surface area contributed by atoms with Crippen LogP contribution >= 0.6 is 0 Å². The highest BCUT2D eigenvalue weighted by molar-refractivity contribution is 6.06. The minimum atomic E-state index is -0.700. The van der Waals surface area contributed by atoms with Crippen LogP contribution in [0.1, 0.15) is 10.4 Å². The molecule has 0 radical (unpaired) electrons. The molecule has 0 aromatic heterocycles. The van der Waals surface area contributed by atoms with Crippen LogP contribution in [0.5, 0.6) is 11.5 Å². The average molecular weight is 287 g/mol. The first kappa shape index (κ1) is 14.3. The first-order valence-corrected chi connectivity index (χ1v) is 5.92. The third-order valence-corrected chi connectivity index (χ3v) is 2.77. The number of hydrogen-bond acceptors (Lipinski definition) is 5. The molecule has 1 amide bonds. The van der Waals surface area contributed by atoms with Gasteiger partial charge in [0.15, 0.2) is 0 Å². The number of methoxy groups -OCH3 is 1. The minimum Gasteiger partial charge on any atom is -0.872 e. The average Bonchev–Trinajstić information content (AvgIpc) is 2.48. The highest BCUT2D eigenvalue weighted by atomic mass is 16.6. The summed E-state index contributed by atoms with van der Waals surface area (Å²) in [4.78, 5) is 22.0. The van der Waals surface area contributed by atoms with Gasteiger partial charge in [-0.2, -0.15) is 0 Å². The molecule has 0 saturated heterocycles. The van der Waals surface area contributed by atoms with Crippen molar-refractivity contribution in [2.24, 2.45) is 0 Å². The molecule has 2 aromatic rings. The van der Waals surface area contributed by atoms with Crippen molar-refractivity contribution < 1.29 is 19.6 Å². The first-order valence-electron chi connectivity index (χ1n) is 5.92. The molecular formula is C14H11N2O5-. The van der Waals surface area contributed by atoms with Gasteiger partial charge in [-0.1, -0.05) is 11.8 Å². The quantitative estimate of drug-likeness (QED) is 0.683. The summed E-state index contributed by atoms with van der Waals surface area (Å²) in [6.45, 7) is 0. The second-order valence-corrected chi connectivity index (χ2v) is 4.12. The number of rotatable bonds is 4. The zero-order valence-corrected chi connectivity index (χ0v) is 11.0. The standard InChI is InChI=1S/C14H12N2O5/c1-21-11-5-2-9(3-6-11)15-14(18)12-8-10(16(19)20)4-7-13(12)17/h2-8,17H,1H3,(H,15,18)/p-1. The number of benzene rings is 2. The Bertz CT molecular complexity index is 682. The number of anilines is 1. The number of carbonyl (C=O) groups is 1. The molecule has 0 atom stereocenters. The number of non-ortho nitro benzene ring substituents is 1. The van der Waals surface area contributed by atoms with Crippen LogP contribution in [0.3, 0.4) is 0 Å². The molecule has 0 unspecified atom stereocenters. The number of nitrogens with zero attached hydrogens (tertiary/aromatic N) is 1. The number of ether oxygens (including phenoxy) is 1. The van der Waals surface area contributed by atoms with E-state index in [4.69, 9.17) is 4.74 Å². The maximum atomic E-state index is 12.0. The van der Waals surface area contributed by atoms with Gasteiger partial charge in [0.2, 0.25) is 0 Å². The fraction of sp³-hybridized carbons (Fsp3) is 0.0714. The van der Waals surface area contributed by atoms with E-state index in [2.05, 4.69) is 5.32 Å². The molecule has 0 aliphatic rings. The molecule has 0 fully saturated rings. The summed E-state index contributed by atoms with van der Waals surface area (Å²) in [7, 11) is 1.51. The third-order valence-electron chi connectivity index (χ3n) is 2.77. The molecule has 0 heterocycles. The summed E-state index contributed by atoms with van der Waals surface area (Å²) in [6.07, 6.45) is 0. The smallest absolute Gasteiger partial charge is 0.270 e. The maximum absolute atomic E-state index is 12.0. The molecule has 1 N–H and O–H groups in total. The van der Waals surface area contributed by atoms with E-state index in [9.17, 15) is 20.0 Å². The zero-order valence-electron chi connectivity index (χ0n) is 11.0. The Morgan fingerprint density at radius 2 is 1.86 bits per heavy atom. The summed E-state index contributed by atoms with van der Waals surface area (Å²) in [5, 5.41) is 24.8. The van der Waals surface area contributed by atoms with Gasteiger partial charge < -0.3 is 15.2 Å². The van der Waals surface area contributed by atoms with Crippen LogP contribution in [-0.4, -0.2) is 17.9 Å². The molecule has 108 valence electrons. The van der Waals surface area contributed by atoms with Gasteiger partial charge in [-0.3, -0.25) is 14.9 Å². The maximum Gasteiger partial charge on any atom is 0.270 e. The summed E-state index contributed by atoms with van der Waals surface area (Å²) in [5.41, 5.74) is -0.138. The fourth-order valence-corrected chi connectivity index (χ4v) is 1.68. The predicted molar refractivity (Wildman–Crippen MR) is 73.5 cm³/mol. The van der Waals surface area contributed by atoms with Crippen LogP contribution in [0.2, 0.25) is 0 Å². The lowest BCUT2D eigenvalue weighted by Crippen LogP contribution is -2.14. The predicted octanol–water partition coefficient (Wildman–Crippen LogP) is 1.93. The second kappa shape index (κ2) is 5.91. The van der Waals surface area contributed by atoms with Gasteiger partial charge in [0.25, 0.3) is 11.6 Å². The van der Waals surface area contributed by atoms with Crippen LogP contribution < -0.4 is 15.2 Å². The van der Waals surface area contributed by atoms with Crippen molar-refractivity contribution in [3.8, 4) is 11.5 Å². The Labute approximate surface area is 119 Å². The van der Waals surface area contributed by atoms with E-state index < -0.39 is 16.6 Å². The Hall–Kier alpha value is -3.09. The number of amides is 1. The fourth-order valence-electron chi connectivity index (χ4n) is 1.68. The van der Waals surface area contributed by atoms with Gasteiger partial charge in [-0.25, -0.2) is 0 Å². The van der Waals surface area contributed by atoms with Gasteiger partial charge in [-0.05, 0) is 24.3 Å². The largest absolute Gasteiger partial charge is 0.872 e. The van der Waals surface area contributed by atoms with Crippen molar-refractivity contribution in [2.75, 3.05) is 12.4 Å². The van der Waals surface area contributed by atoms with Crippen LogP contribution in [0, 0.1) is 10.1 Å². The summed E-state index contributed by atoms with van der Waals surface area (Å²) in [6, 6.07) is 9.49. The van der Waals surface area contributed by atoms with E-state index >= 15 is 0 Å². The van der Waals surface area contributed by atoms with Crippen LogP contribution in [0.25, 0.3) is 0 Å².